The molecule has 0 aromatic heterocycles. The lowest BCUT2D eigenvalue weighted by Crippen LogP contribution is -2.49. The Bertz CT molecular complexity index is 183. The second-order valence-corrected chi connectivity index (χ2v) is 5.36. The van der Waals surface area contributed by atoms with E-state index in [0.717, 1.165) is 18.0 Å². The lowest BCUT2D eigenvalue weighted by molar-refractivity contribution is 0.119. The van der Waals surface area contributed by atoms with E-state index in [1.54, 1.807) is 0 Å². The van der Waals surface area contributed by atoms with Crippen LogP contribution in [0.1, 0.15) is 46.0 Å². The van der Waals surface area contributed by atoms with Crippen molar-refractivity contribution in [3.8, 4) is 0 Å². The number of piperidine rings is 1. The Hall–Kier alpha value is -0.0800. The molecule has 2 fully saturated rings. The van der Waals surface area contributed by atoms with Gasteiger partial charge in [0.05, 0.1) is 0 Å². The highest BCUT2D eigenvalue weighted by Gasteiger charge is 2.29. The van der Waals surface area contributed by atoms with E-state index in [4.69, 9.17) is 0 Å². The van der Waals surface area contributed by atoms with Crippen molar-refractivity contribution in [3.63, 3.8) is 0 Å². The molecular formula is C13H26N2. The Morgan fingerprint density at radius 1 is 1.33 bits per heavy atom. The molecule has 2 unspecified atom stereocenters. The van der Waals surface area contributed by atoms with Gasteiger partial charge in [-0.05, 0) is 45.2 Å². The van der Waals surface area contributed by atoms with Gasteiger partial charge < -0.3 is 5.32 Å². The molecule has 1 saturated heterocycles. The number of rotatable bonds is 5. The van der Waals surface area contributed by atoms with Gasteiger partial charge in [0.1, 0.15) is 0 Å². The van der Waals surface area contributed by atoms with Crippen LogP contribution in [0.15, 0.2) is 0 Å². The molecule has 0 radical (unpaired) electrons. The highest BCUT2D eigenvalue weighted by atomic mass is 15.2. The van der Waals surface area contributed by atoms with Gasteiger partial charge in [-0.1, -0.05) is 19.8 Å². The quantitative estimate of drug-likeness (QED) is 0.749. The Kier molecular flexibility index (Phi) is 4.04. The maximum atomic E-state index is 3.53. The molecule has 2 atom stereocenters. The Balaban J connectivity index is 1.82. The maximum absolute atomic E-state index is 3.53. The van der Waals surface area contributed by atoms with Crippen LogP contribution < -0.4 is 5.32 Å². The lowest BCUT2D eigenvalue weighted by atomic mass is 10.0. The number of nitrogens with one attached hydrogen (secondary N) is 1. The normalized spacial score (nSPS) is 29.4. The molecule has 15 heavy (non-hydrogen) atoms. The van der Waals surface area contributed by atoms with Crippen molar-refractivity contribution in [2.45, 2.75) is 58.0 Å². The van der Waals surface area contributed by atoms with Gasteiger partial charge in [-0.25, -0.2) is 0 Å². The first-order chi connectivity index (χ1) is 7.31. The molecule has 1 heterocycles. The molecule has 0 aromatic rings. The van der Waals surface area contributed by atoms with Crippen molar-refractivity contribution < 1.29 is 0 Å². The predicted octanol–water partition coefficient (Wildman–Crippen LogP) is 2.25. The molecule has 2 heteroatoms. The van der Waals surface area contributed by atoms with Crippen molar-refractivity contribution in [1.29, 1.82) is 0 Å². The van der Waals surface area contributed by atoms with Gasteiger partial charge in [0, 0.05) is 18.6 Å². The third-order valence-electron chi connectivity index (χ3n) is 4.04. The van der Waals surface area contributed by atoms with Crippen molar-refractivity contribution in [1.82, 2.24) is 10.2 Å². The van der Waals surface area contributed by atoms with E-state index in [2.05, 4.69) is 24.1 Å². The van der Waals surface area contributed by atoms with Gasteiger partial charge in [0.15, 0.2) is 0 Å². The molecule has 1 aliphatic carbocycles. The van der Waals surface area contributed by atoms with Crippen molar-refractivity contribution >= 4 is 0 Å². The van der Waals surface area contributed by atoms with Crippen molar-refractivity contribution in [2.24, 2.45) is 5.92 Å². The van der Waals surface area contributed by atoms with Gasteiger partial charge in [-0.15, -0.1) is 0 Å². The zero-order chi connectivity index (χ0) is 10.7. The molecule has 88 valence electrons. The van der Waals surface area contributed by atoms with E-state index in [-0.39, 0.29) is 0 Å². The lowest BCUT2D eigenvalue weighted by Gasteiger charge is -2.38. The molecule has 1 saturated carbocycles. The average Bonchev–Trinajstić information content (AvgIpc) is 3.04. The fourth-order valence-electron chi connectivity index (χ4n) is 3.02. The van der Waals surface area contributed by atoms with Gasteiger partial charge in [0.25, 0.3) is 0 Å². The smallest absolute Gasteiger partial charge is 0.0223 e. The average molecular weight is 210 g/mol. The van der Waals surface area contributed by atoms with Crippen LogP contribution in [0.5, 0.6) is 0 Å². The Morgan fingerprint density at radius 2 is 2.13 bits per heavy atom. The molecule has 2 rings (SSSR count). The van der Waals surface area contributed by atoms with Gasteiger partial charge in [0.2, 0.25) is 0 Å². The van der Waals surface area contributed by atoms with E-state index in [1.165, 1.54) is 51.7 Å². The van der Waals surface area contributed by atoms with Crippen LogP contribution in [0.2, 0.25) is 0 Å². The molecule has 1 aliphatic heterocycles. The van der Waals surface area contributed by atoms with Gasteiger partial charge in [-0.3, -0.25) is 4.90 Å². The molecule has 1 N–H and O–H groups in total. The van der Waals surface area contributed by atoms with Crippen molar-refractivity contribution in [3.05, 3.63) is 0 Å². The summed E-state index contributed by atoms with van der Waals surface area (Å²) >= 11 is 0. The van der Waals surface area contributed by atoms with E-state index in [9.17, 15) is 0 Å². The fraction of sp³-hybridized carbons (Fsp3) is 1.00. The van der Waals surface area contributed by atoms with Crippen LogP contribution in [0.25, 0.3) is 0 Å². The first-order valence-electron chi connectivity index (χ1n) is 6.77. The summed E-state index contributed by atoms with van der Waals surface area (Å²) in [5.74, 6) is 1.06. The van der Waals surface area contributed by atoms with Crippen LogP contribution in [0.3, 0.4) is 0 Å². The third-order valence-corrected chi connectivity index (χ3v) is 4.04. The summed E-state index contributed by atoms with van der Waals surface area (Å²) in [6, 6.07) is 1.60. The highest BCUT2D eigenvalue weighted by molar-refractivity contribution is 4.85. The monoisotopic (exact) mass is 210 g/mol. The molecular weight excluding hydrogens is 184 g/mol. The van der Waals surface area contributed by atoms with Crippen LogP contribution >= 0.6 is 0 Å². The molecule has 0 bridgehead atoms. The minimum absolute atomic E-state index is 0.799. The number of nitrogens with zero attached hydrogens (tertiary/aromatic N) is 1. The van der Waals surface area contributed by atoms with E-state index >= 15 is 0 Å². The summed E-state index contributed by atoms with van der Waals surface area (Å²) in [4.78, 5) is 2.73. The van der Waals surface area contributed by atoms with Crippen LogP contribution in [-0.2, 0) is 0 Å². The second kappa shape index (κ2) is 5.31. The number of hydrogen-bond donors (Lipinski definition) is 1. The standard InChI is InChI=1S/C13H26N2/c1-3-15(11(2)9-12-6-7-12)13-5-4-8-14-10-13/h11-14H,3-10H2,1-2H3. The fourth-order valence-corrected chi connectivity index (χ4v) is 3.02. The van der Waals surface area contributed by atoms with E-state index < -0.39 is 0 Å². The predicted molar refractivity (Wildman–Crippen MR) is 65.1 cm³/mol. The topological polar surface area (TPSA) is 15.3 Å². The summed E-state index contributed by atoms with van der Waals surface area (Å²) in [5, 5.41) is 3.53. The Morgan fingerprint density at radius 3 is 2.67 bits per heavy atom. The first kappa shape index (κ1) is 11.4. The summed E-state index contributed by atoms with van der Waals surface area (Å²) < 4.78 is 0. The van der Waals surface area contributed by atoms with E-state index in [1.807, 2.05) is 0 Å². The summed E-state index contributed by atoms with van der Waals surface area (Å²) in [7, 11) is 0. The minimum atomic E-state index is 0.799. The maximum Gasteiger partial charge on any atom is 0.0223 e. The molecule has 0 spiro atoms. The highest BCUT2D eigenvalue weighted by Crippen LogP contribution is 2.35. The van der Waals surface area contributed by atoms with Gasteiger partial charge >= 0.3 is 0 Å². The zero-order valence-electron chi connectivity index (χ0n) is 10.3. The SMILES string of the molecule is CCN(C(C)CC1CC1)C1CCCNC1. The first-order valence-corrected chi connectivity index (χ1v) is 6.77. The van der Waals surface area contributed by atoms with Crippen LogP contribution in [-0.4, -0.2) is 36.6 Å². The second-order valence-electron chi connectivity index (χ2n) is 5.36. The summed E-state index contributed by atoms with van der Waals surface area (Å²) in [6.07, 6.45) is 7.17. The zero-order valence-corrected chi connectivity index (χ0v) is 10.3. The summed E-state index contributed by atoms with van der Waals surface area (Å²) in [6.45, 7) is 8.41. The van der Waals surface area contributed by atoms with Crippen LogP contribution in [0, 0.1) is 5.92 Å². The molecule has 0 amide bonds. The van der Waals surface area contributed by atoms with Gasteiger partial charge in [-0.2, -0.15) is 0 Å². The minimum Gasteiger partial charge on any atom is -0.315 e. The van der Waals surface area contributed by atoms with Crippen molar-refractivity contribution in [2.75, 3.05) is 19.6 Å². The van der Waals surface area contributed by atoms with E-state index in [0.29, 0.717) is 0 Å². The molecule has 0 aromatic carbocycles. The van der Waals surface area contributed by atoms with Crippen LogP contribution in [0.4, 0.5) is 0 Å². The largest absolute Gasteiger partial charge is 0.315 e. The Labute approximate surface area is 94.4 Å². The molecule has 2 nitrogen and oxygen atoms in total. The number of likely N-dealkylation sites (N-methyl/N-ethyl adjacent to an activating group) is 1. The number of hydrogen-bond acceptors (Lipinski definition) is 2. The summed E-state index contributed by atoms with van der Waals surface area (Å²) in [5.41, 5.74) is 0. The third kappa shape index (κ3) is 3.18. The molecule has 2 aliphatic rings.